The molecule has 212 valence electrons. The van der Waals surface area contributed by atoms with Gasteiger partial charge in [-0.05, 0) is 77.3 Å². The number of rotatable bonds is 4. The van der Waals surface area contributed by atoms with Gasteiger partial charge in [0.05, 0.1) is 22.4 Å². The minimum Gasteiger partial charge on any atom is -0.337 e. The zero-order valence-electron chi connectivity index (χ0n) is 26.2. The summed E-state index contributed by atoms with van der Waals surface area (Å²) >= 11 is 7.35. The molecular formula is C37H44BClN2. The van der Waals surface area contributed by atoms with E-state index in [-0.39, 0.29) is 16.9 Å². The Bertz CT molecular complexity index is 1410. The van der Waals surface area contributed by atoms with Crippen molar-refractivity contribution in [1.29, 1.82) is 0 Å². The Kier molecular flexibility index (Phi) is 9.00. The summed E-state index contributed by atoms with van der Waals surface area (Å²) in [6, 6.07) is 24.2. The maximum atomic E-state index is 7.35. The van der Waals surface area contributed by atoms with Crippen molar-refractivity contribution < 1.29 is 0 Å². The molecule has 1 aliphatic carbocycles. The Balaban J connectivity index is 0.00000189. The van der Waals surface area contributed by atoms with Gasteiger partial charge < -0.3 is 9.80 Å². The summed E-state index contributed by atoms with van der Waals surface area (Å²) in [4.78, 5) is 4.57. The summed E-state index contributed by atoms with van der Waals surface area (Å²) in [5.74, 6) is 0. The third-order valence-corrected chi connectivity index (χ3v) is 8.33. The fourth-order valence-electron chi connectivity index (χ4n) is 5.57. The first kappa shape index (κ1) is 30.8. The van der Waals surface area contributed by atoms with Crippen molar-refractivity contribution in [2.75, 3.05) is 9.80 Å². The number of halogens is 1. The number of anilines is 4. The van der Waals surface area contributed by atoms with Crippen LogP contribution >= 0.6 is 11.6 Å². The van der Waals surface area contributed by atoms with E-state index >= 15 is 0 Å². The lowest BCUT2D eigenvalue weighted by molar-refractivity contribution is 0.590. The molecule has 0 spiro atoms. The predicted molar refractivity (Wildman–Crippen MR) is 181 cm³/mol. The molecule has 2 nitrogen and oxygen atoms in total. The SMILES string of the molecule is CC.[B]C1=C(C)N(c2cccc(N(c3ccc(C(C)(C)C)cc3)c3ccc(C(C)(C)C)cc3)c2Cl)C2CC=CC=C12. The molecule has 1 heterocycles. The quantitative estimate of drug-likeness (QED) is 0.292. The first-order valence-corrected chi connectivity index (χ1v) is 15.2. The molecule has 2 aliphatic rings. The molecule has 0 amide bonds. The molecule has 1 atom stereocenters. The molecule has 0 fully saturated rings. The van der Waals surface area contributed by atoms with Gasteiger partial charge >= 0.3 is 0 Å². The van der Waals surface area contributed by atoms with E-state index in [0.29, 0.717) is 5.02 Å². The fraction of sp³-hybridized carbons (Fsp3) is 0.351. The molecule has 1 aliphatic heterocycles. The van der Waals surface area contributed by atoms with Gasteiger partial charge in [0.2, 0.25) is 0 Å². The third kappa shape index (κ3) is 6.07. The Morgan fingerprint density at radius 2 is 1.32 bits per heavy atom. The molecule has 0 aromatic heterocycles. The van der Waals surface area contributed by atoms with Crippen LogP contribution in [0.1, 0.15) is 79.9 Å². The van der Waals surface area contributed by atoms with Gasteiger partial charge in [0.1, 0.15) is 7.85 Å². The fourth-order valence-corrected chi connectivity index (χ4v) is 5.87. The first-order chi connectivity index (χ1) is 19.4. The number of nitrogens with zero attached hydrogens (tertiary/aromatic N) is 2. The Labute approximate surface area is 254 Å². The molecule has 0 saturated heterocycles. The molecule has 0 bridgehead atoms. The Hall–Kier alpha value is -3.17. The van der Waals surface area contributed by atoms with Crippen molar-refractivity contribution >= 4 is 42.2 Å². The summed E-state index contributed by atoms with van der Waals surface area (Å²) < 4.78 is 0. The van der Waals surface area contributed by atoms with Gasteiger partial charge in [-0.3, -0.25) is 0 Å². The molecule has 0 saturated carbocycles. The highest BCUT2D eigenvalue weighted by Gasteiger charge is 2.34. The van der Waals surface area contributed by atoms with Crippen LogP contribution in [0, 0.1) is 0 Å². The van der Waals surface area contributed by atoms with Crippen LogP contribution in [0.3, 0.4) is 0 Å². The summed E-state index contributed by atoms with van der Waals surface area (Å²) in [6.07, 6.45) is 7.32. The van der Waals surface area contributed by atoms with Crippen LogP contribution in [-0.4, -0.2) is 13.9 Å². The molecule has 0 N–H and O–H groups in total. The average Bonchev–Trinajstić information content (AvgIpc) is 3.20. The predicted octanol–water partition coefficient (Wildman–Crippen LogP) is 10.9. The summed E-state index contributed by atoms with van der Waals surface area (Å²) in [7, 11) is 6.57. The molecule has 4 heteroatoms. The highest BCUT2D eigenvalue weighted by molar-refractivity contribution is 6.36. The van der Waals surface area contributed by atoms with Gasteiger partial charge in [0.25, 0.3) is 0 Å². The van der Waals surface area contributed by atoms with Gasteiger partial charge in [-0.2, -0.15) is 0 Å². The van der Waals surface area contributed by atoms with Crippen molar-refractivity contribution in [3.05, 3.63) is 118 Å². The van der Waals surface area contributed by atoms with Gasteiger partial charge in [-0.25, -0.2) is 0 Å². The first-order valence-electron chi connectivity index (χ1n) is 14.8. The zero-order valence-corrected chi connectivity index (χ0v) is 27.0. The van der Waals surface area contributed by atoms with E-state index in [1.54, 1.807) is 0 Å². The van der Waals surface area contributed by atoms with Crippen molar-refractivity contribution in [1.82, 2.24) is 0 Å². The zero-order chi connectivity index (χ0) is 30.1. The maximum Gasteiger partial charge on any atom is 0.116 e. The largest absolute Gasteiger partial charge is 0.337 e. The van der Waals surface area contributed by atoms with Crippen molar-refractivity contribution in [3.63, 3.8) is 0 Å². The van der Waals surface area contributed by atoms with E-state index in [2.05, 4.69) is 143 Å². The summed E-state index contributed by atoms with van der Waals surface area (Å²) in [5, 5.41) is 0.709. The normalized spacial score (nSPS) is 16.7. The summed E-state index contributed by atoms with van der Waals surface area (Å²) in [6.45, 7) is 19.5. The van der Waals surface area contributed by atoms with Crippen LogP contribution in [-0.2, 0) is 10.8 Å². The molecular weight excluding hydrogens is 519 g/mol. The van der Waals surface area contributed by atoms with E-state index in [0.717, 1.165) is 40.3 Å². The lowest BCUT2D eigenvalue weighted by atomic mass is 9.84. The van der Waals surface area contributed by atoms with Crippen LogP contribution in [0.25, 0.3) is 0 Å². The minimum atomic E-state index is 0.0779. The molecule has 41 heavy (non-hydrogen) atoms. The lowest BCUT2D eigenvalue weighted by Crippen LogP contribution is -2.31. The van der Waals surface area contributed by atoms with Crippen LogP contribution in [0.15, 0.2) is 102 Å². The van der Waals surface area contributed by atoms with Gasteiger partial charge in [-0.1, -0.05) is 121 Å². The van der Waals surface area contributed by atoms with Crippen LogP contribution in [0.4, 0.5) is 22.7 Å². The molecule has 2 radical (unpaired) electrons. The number of allylic oxidation sites excluding steroid dienone is 3. The van der Waals surface area contributed by atoms with Crippen LogP contribution < -0.4 is 9.80 Å². The van der Waals surface area contributed by atoms with Crippen molar-refractivity contribution in [2.45, 2.75) is 85.6 Å². The standard InChI is InChI=1S/C35H38BClN2.C2H6/c1-23-32(36)28-11-8-9-12-29(28)38(23)30-13-10-14-31(33(30)37)39(26-19-15-24(16-20-26)34(2,3)4)27-21-17-25(18-22-27)35(5,6)7;1-2/h8-11,13-22,29H,12H2,1-7H3;1-2H3. The molecule has 1 unspecified atom stereocenters. The third-order valence-electron chi connectivity index (χ3n) is 7.95. The number of fused-ring (bicyclic) bond motifs is 1. The number of hydrogen-bond donors (Lipinski definition) is 0. The second kappa shape index (κ2) is 12.0. The van der Waals surface area contributed by atoms with Crippen molar-refractivity contribution in [2.24, 2.45) is 0 Å². The lowest BCUT2D eigenvalue weighted by Gasteiger charge is -2.33. The van der Waals surface area contributed by atoms with Crippen molar-refractivity contribution in [3.8, 4) is 0 Å². The topological polar surface area (TPSA) is 6.48 Å². The minimum absolute atomic E-state index is 0.0779. The maximum absolute atomic E-state index is 7.35. The summed E-state index contributed by atoms with van der Waals surface area (Å²) in [5.41, 5.74) is 9.87. The van der Waals surface area contributed by atoms with Gasteiger partial charge in [0.15, 0.2) is 0 Å². The van der Waals surface area contributed by atoms with E-state index in [1.165, 1.54) is 16.7 Å². The second-order valence-corrected chi connectivity index (χ2v) is 13.1. The van der Waals surface area contributed by atoms with Crippen LogP contribution in [0.5, 0.6) is 0 Å². The molecule has 3 aromatic rings. The van der Waals surface area contributed by atoms with E-state index in [4.69, 9.17) is 19.4 Å². The number of hydrogen-bond acceptors (Lipinski definition) is 2. The second-order valence-electron chi connectivity index (χ2n) is 12.7. The monoisotopic (exact) mass is 562 g/mol. The van der Waals surface area contributed by atoms with E-state index in [1.807, 2.05) is 13.8 Å². The highest BCUT2D eigenvalue weighted by Crippen LogP contribution is 2.47. The van der Waals surface area contributed by atoms with E-state index in [9.17, 15) is 0 Å². The van der Waals surface area contributed by atoms with Gasteiger partial charge in [0, 0.05) is 17.1 Å². The Morgan fingerprint density at radius 3 is 1.80 bits per heavy atom. The highest BCUT2D eigenvalue weighted by atomic mass is 35.5. The van der Waals surface area contributed by atoms with Gasteiger partial charge in [-0.15, -0.1) is 0 Å². The van der Waals surface area contributed by atoms with Crippen LogP contribution in [0.2, 0.25) is 5.02 Å². The Morgan fingerprint density at radius 1 is 0.805 bits per heavy atom. The smallest absolute Gasteiger partial charge is 0.116 e. The number of benzene rings is 3. The van der Waals surface area contributed by atoms with E-state index < -0.39 is 0 Å². The molecule has 3 aromatic carbocycles. The molecule has 5 rings (SSSR count). The average molecular weight is 563 g/mol.